The predicted molar refractivity (Wildman–Crippen MR) is 154 cm³/mol. The molecule has 1 aromatic heterocycles. The molecule has 0 aliphatic rings. The molecule has 1 heterocycles. The molecule has 11 heteroatoms. The van der Waals surface area contributed by atoms with Gasteiger partial charge in [-0.15, -0.1) is 0 Å². The third-order valence-corrected chi connectivity index (χ3v) is 6.59. The van der Waals surface area contributed by atoms with Crippen molar-refractivity contribution in [1.29, 1.82) is 0 Å². The number of esters is 2. The van der Waals surface area contributed by atoms with Gasteiger partial charge in [-0.2, -0.15) is 0 Å². The van der Waals surface area contributed by atoms with Gasteiger partial charge in [-0.25, -0.2) is 14.2 Å². The van der Waals surface area contributed by atoms with Gasteiger partial charge in [-0.05, 0) is 38.5 Å². The van der Waals surface area contributed by atoms with E-state index in [1.54, 1.807) is 27.0 Å². The first kappa shape index (κ1) is 31.3. The highest BCUT2D eigenvalue weighted by atomic mass is 32.1. The molecule has 218 valence electrons. The highest BCUT2D eigenvalue weighted by Gasteiger charge is 2.32. The summed E-state index contributed by atoms with van der Waals surface area (Å²) in [5, 5.41) is 2.89. The van der Waals surface area contributed by atoms with Crippen molar-refractivity contribution >= 4 is 29.1 Å². The highest BCUT2D eigenvalue weighted by molar-refractivity contribution is 7.80. The molecule has 0 aliphatic heterocycles. The van der Waals surface area contributed by atoms with Gasteiger partial charge in [0.1, 0.15) is 40.1 Å². The second-order valence-electron chi connectivity index (χ2n) is 9.23. The number of carbonyl (C=O) groups excluding carboxylic acids is 2. The van der Waals surface area contributed by atoms with Crippen LogP contribution in [-0.2, 0) is 14.3 Å². The zero-order chi connectivity index (χ0) is 30.3. The zero-order valence-corrected chi connectivity index (χ0v) is 24.8. The Hall–Kier alpha value is -4.25. The number of hydrogen-bond donors (Lipinski definition) is 1. The summed E-state index contributed by atoms with van der Waals surface area (Å²) in [4.78, 5) is 29.2. The van der Waals surface area contributed by atoms with Crippen molar-refractivity contribution in [3.8, 4) is 23.0 Å². The van der Waals surface area contributed by atoms with E-state index in [-0.39, 0.29) is 22.2 Å². The van der Waals surface area contributed by atoms with Crippen molar-refractivity contribution in [3.63, 3.8) is 0 Å². The monoisotopic (exact) mass is 584 g/mol. The van der Waals surface area contributed by atoms with Crippen LogP contribution in [0.5, 0.6) is 23.0 Å². The quantitative estimate of drug-likeness (QED) is 0.247. The standard InChI is InChI=1S/C30H33FN2O7S/c1-16-8-10-21(24(14-16)37-6)26(22-11-9-20(31)15-25(22)38-7)18(3)39-30(35)17(2)33-29(41)27-28(40-19(4)34)23(36-5)12-13-32-27/h8-15,17-18,26H,1-7H3,(H,33,41)/t17-,18-,26?/m0/s1. The SMILES string of the molecule is COc1cc(C)ccc1C(c1ccc(F)cc1OC)[C@H](C)OC(=O)[C@H](C)NC(=S)c1nccc(OC)c1OC(C)=O. The van der Waals surface area contributed by atoms with Crippen molar-refractivity contribution in [3.05, 3.63) is 76.9 Å². The molecule has 41 heavy (non-hydrogen) atoms. The minimum absolute atomic E-state index is 0.0314. The van der Waals surface area contributed by atoms with Gasteiger partial charge < -0.3 is 29.0 Å². The Morgan fingerprint density at radius 1 is 0.927 bits per heavy atom. The molecule has 0 fully saturated rings. The molecule has 1 unspecified atom stereocenters. The molecule has 0 saturated carbocycles. The number of aryl methyl sites for hydroxylation is 1. The summed E-state index contributed by atoms with van der Waals surface area (Å²) in [6.45, 7) is 6.48. The topological polar surface area (TPSA) is 105 Å². The van der Waals surface area contributed by atoms with Gasteiger partial charge in [0, 0.05) is 36.4 Å². The average Bonchev–Trinajstić information content (AvgIpc) is 2.94. The average molecular weight is 585 g/mol. The number of pyridine rings is 1. The lowest BCUT2D eigenvalue weighted by Gasteiger charge is -2.29. The Bertz CT molecular complexity index is 1380. The van der Waals surface area contributed by atoms with Crippen LogP contribution in [0.1, 0.15) is 49.1 Å². The lowest BCUT2D eigenvalue weighted by Crippen LogP contribution is -2.41. The molecule has 0 saturated heterocycles. The minimum atomic E-state index is -0.918. The normalized spacial score (nSPS) is 12.9. The van der Waals surface area contributed by atoms with Crippen LogP contribution < -0.4 is 24.3 Å². The van der Waals surface area contributed by atoms with Crippen LogP contribution in [0.2, 0.25) is 0 Å². The van der Waals surface area contributed by atoms with Crippen molar-refractivity contribution in [2.24, 2.45) is 0 Å². The summed E-state index contributed by atoms with van der Waals surface area (Å²) in [5.74, 6) is -1.07. The maximum atomic E-state index is 14.1. The molecule has 0 spiro atoms. The second-order valence-corrected chi connectivity index (χ2v) is 9.64. The summed E-state index contributed by atoms with van der Waals surface area (Å²) in [6.07, 6.45) is 0.693. The second kappa shape index (κ2) is 13.9. The molecule has 0 radical (unpaired) electrons. The van der Waals surface area contributed by atoms with E-state index >= 15 is 0 Å². The predicted octanol–water partition coefficient (Wildman–Crippen LogP) is 4.90. The maximum Gasteiger partial charge on any atom is 0.328 e. The fraction of sp³-hybridized carbons (Fsp3) is 0.333. The van der Waals surface area contributed by atoms with Gasteiger partial charge >= 0.3 is 11.9 Å². The first-order chi connectivity index (χ1) is 19.5. The van der Waals surface area contributed by atoms with Gasteiger partial charge in [0.15, 0.2) is 5.75 Å². The molecule has 3 aromatic rings. The first-order valence-electron chi connectivity index (χ1n) is 12.7. The van der Waals surface area contributed by atoms with Crippen molar-refractivity contribution in [2.45, 2.75) is 45.8 Å². The number of ether oxygens (including phenoxy) is 5. The van der Waals surface area contributed by atoms with Crippen molar-refractivity contribution < 1.29 is 37.7 Å². The first-order valence-corrected chi connectivity index (χ1v) is 13.1. The highest BCUT2D eigenvalue weighted by Crippen LogP contribution is 2.40. The fourth-order valence-electron chi connectivity index (χ4n) is 4.36. The van der Waals surface area contributed by atoms with Gasteiger partial charge in [-0.3, -0.25) is 4.79 Å². The van der Waals surface area contributed by atoms with Gasteiger partial charge in [0.05, 0.1) is 27.2 Å². The third kappa shape index (κ3) is 7.49. The molecule has 1 N–H and O–H groups in total. The van der Waals surface area contributed by atoms with Crippen LogP contribution in [0.3, 0.4) is 0 Å². The van der Waals surface area contributed by atoms with E-state index < -0.39 is 35.8 Å². The number of nitrogens with zero attached hydrogens (tertiary/aromatic N) is 1. The Morgan fingerprint density at radius 3 is 2.15 bits per heavy atom. The molecule has 0 bridgehead atoms. The number of nitrogens with one attached hydrogen (secondary N) is 1. The largest absolute Gasteiger partial charge is 0.496 e. The lowest BCUT2D eigenvalue weighted by molar-refractivity contribution is -0.150. The zero-order valence-electron chi connectivity index (χ0n) is 23.9. The Balaban J connectivity index is 1.90. The van der Waals surface area contributed by atoms with Crippen LogP contribution in [0, 0.1) is 12.7 Å². The van der Waals surface area contributed by atoms with Crippen LogP contribution in [-0.4, -0.2) is 55.4 Å². The lowest BCUT2D eigenvalue weighted by atomic mass is 9.85. The molecule has 0 aliphatic carbocycles. The van der Waals surface area contributed by atoms with E-state index in [1.807, 2.05) is 25.1 Å². The Labute approximate surface area is 243 Å². The maximum absolute atomic E-state index is 14.1. The summed E-state index contributed by atoms with van der Waals surface area (Å²) < 4.78 is 41.7. The summed E-state index contributed by atoms with van der Waals surface area (Å²) >= 11 is 5.48. The van der Waals surface area contributed by atoms with E-state index in [9.17, 15) is 14.0 Å². The molecular weight excluding hydrogens is 551 g/mol. The molecule has 9 nitrogen and oxygen atoms in total. The van der Waals surface area contributed by atoms with Gasteiger partial charge in [-0.1, -0.05) is 30.4 Å². The van der Waals surface area contributed by atoms with Crippen LogP contribution in [0.25, 0.3) is 0 Å². The van der Waals surface area contributed by atoms with Crippen molar-refractivity contribution in [1.82, 2.24) is 10.3 Å². The number of hydrogen-bond acceptors (Lipinski definition) is 9. The third-order valence-electron chi connectivity index (χ3n) is 6.28. The molecular formula is C30H33FN2O7S. The summed E-state index contributed by atoms with van der Waals surface area (Å²) in [6, 6.07) is 10.5. The number of aromatic nitrogens is 1. The minimum Gasteiger partial charge on any atom is -0.496 e. The number of benzene rings is 2. The number of carbonyl (C=O) groups is 2. The van der Waals surface area contributed by atoms with Crippen LogP contribution in [0.15, 0.2) is 48.7 Å². The number of halogens is 1. The summed E-state index contributed by atoms with van der Waals surface area (Å²) in [7, 11) is 4.42. The van der Waals surface area contributed by atoms with E-state index in [0.29, 0.717) is 17.1 Å². The summed E-state index contributed by atoms with van der Waals surface area (Å²) in [5.41, 5.74) is 2.44. The van der Waals surface area contributed by atoms with E-state index in [2.05, 4.69) is 10.3 Å². The Kier molecular flexibility index (Phi) is 10.6. The van der Waals surface area contributed by atoms with Crippen LogP contribution in [0.4, 0.5) is 4.39 Å². The van der Waals surface area contributed by atoms with Gasteiger partial charge in [0.25, 0.3) is 0 Å². The van der Waals surface area contributed by atoms with Crippen LogP contribution >= 0.6 is 12.2 Å². The number of rotatable bonds is 11. The van der Waals surface area contributed by atoms with Gasteiger partial charge in [0.2, 0.25) is 5.75 Å². The molecule has 3 rings (SSSR count). The van der Waals surface area contributed by atoms with E-state index in [0.717, 1.165) is 11.1 Å². The Morgan fingerprint density at radius 2 is 1.54 bits per heavy atom. The van der Waals surface area contributed by atoms with E-state index in [4.69, 9.17) is 35.9 Å². The molecule has 2 aromatic carbocycles. The number of methoxy groups -OCH3 is 3. The molecule has 0 amide bonds. The fourth-order valence-corrected chi connectivity index (χ4v) is 4.69. The smallest absolute Gasteiger partial charge is 0.328 e. The molecule has 3 atom stereocenters. The number of thiocarbonyl (C=S) groups is 1. The van der Waals surface area contributed by atoms with Crippen molar-refractivity contribution in [2.75, 3.05) is 21.3 Å². The van der Waals surface area contributed by atoms with E-state index in [1.165, 1.54) is 45.5 Å².